The summed E-state index contributed by atoms with van der Waals surface area (Å²) >= 11 is 1.21. The molecule has 0 spiro atoms. The molecule has 1 aliphatic carbocycles. The first-order valence-electron chi connectivity index (χ1n) is 8.88. The number of fused-ring (bicyclic) bond motifs is 1. The van der Waals surface area contributed by atoms with Crippen LogP contribution in [0.1, 0.15) is 41.8 Å². The number of aromatic carboxylic acids is 1. The maximum atomic E-state index is 12.6. The number of carbonyl (C=O) groups is 3. The Morgan fingerprint density at radius 2 is 1.96 bits per heavy atom. The zero-order chi connectivity index (χ0) is 18.3. The van der Waals surface area contributed by atoms with Crippen LogP contribution in [0, 0.1) is 5.92 Å². The highest BCUT2D eigenvalue weighted by molar-refractivity contribution is 7.20. The molecule has 2 N–H and O–H groups in total. The van der Waals surface area contributed by atoms with Gasteiger partial charge in [0.2, 0.25) is 11.8 Å². The minimum Gasteiger partial charge on any atom is -0.477 e. The molecule has 7 heteroatoms. The highest BCUT2D eigenvalue weighted by atomic mass is 32.1. The van der Waals surface area contributed by atoms with Gasteiger partial charge in [-0.15, -0.1) is 11.3 Å². The van der Waals surface area contributed by atoms with Crippen LogP contribution in [0.4, 0.5) is 5.69 Å². The van der Waals surface area contributed by atoms with Gasteiger partial charge in [0.1, 0.15) is 4.88 Å². The van der Waals surface area contributed by atoms with Crippen molar-refractivity contribution in [3.05, 3.63) is 29.1 Å². The zero-order valence-corrected chi connectivity index (χ0v) is 15.1. The Bertz CT molecular complexity index is 885. The van der Waals surface area contributed by atoms with Crippen molar-refractivity contribution in [1.29, 1.82) is 0 Å². The van der Waals surface area contributed by atoms with Gasteiger partial charge in [0.25, 0.3) is 0 Å². The van der Waals surface area contributed by atoms with Crippen molar-refractivity contribution >= 4 is 44.9 Å². The molecule has 1 aromatic heterocycles. The lowest BCUT2D eigenvalue weighted by molar-refractivity contribution is -0.129. The van der Waals surface area contributed by atoms with Gasteiger partial charge in [0, 0.05) is 29.4 Å². The quantitative estimate of drug-likeness (QED) is 0.862. The second-order valence-electron chi connectivity index (χ2n) is 7.04. The van der Waals surface area contributed by atoms with E-state index in [1.54, 1.807) is 18.2 Å². The summed E-state index contributed by atoms with van der Waals surface area (Å²) in [6, 6.07) is 7.28. The second kappa shape index (κ2) is 6.72. The standard InChI is InChI=1S/C19H20N2O4S/c22-17-9-12(10-21(17)14-3-1-2-4-14)18(23)20-13-5-6-15-11(7-13)8-16(26-15)19(24)25/h5-8,12,14H,1-4,9-10H2,(H,20,23)(H,24,25). The monoisotopic (exact) mass is 372 g/mol. The Balaban J connectivity index is 1.45. The summed E-state index contributed by atoms with van der Waals surface area (Å²) in [7, 11) is 0. The van der Waals surface area contributed by atoms with Crippen molar-refractivity contribution < 1.29 is 19.5 Å². The molecular formula is C19H20N2O4S. The SMILES string of the molecule is O=C(O)c1cc2cc(NC(=O)C3CC(=O)N(C4CCCC4)C3)ccc2s1. The fraction of sp³-hybridized carbons (Fsp3) is 0.421. The maximum absolute atomic E-state index is 12.6. The van der Waals surface area contributed by atoms with Crippen LogP contribution in [0.3, 0.4) is 0 Å². The fourth-order valence-electron chi connectivity index (χ4n) is 3.95. The summed E-state index contributed by atoms with van der Waals surface area (Å²) in [5.41, 5.74) is 0.629. The van der Waals surface area contributed by atoms with E-state index in [0.717, 1.165) is 35.8 Å². The maximum Gasteiger partial charge on any atom is 0.345 e. The van der Waals surface area contributed by atoms with Crippen molar-refractivity contribution in [2.24, 2.45) is 5.92 Å². The molecule has 2 aromatic rings. The Morgan fingerprint density at radius 3 is 2.69 bits per heavy atom. The fourth-order valence-corrected chi connectivity index (χ4v) is 4.83. The number of nitrogens with one attached hydrogen (secondary N) is 1. The number of thiophene rings is 1. The lowest BCUT2D eigenvalue weighted by Crippen LogP contribution is -2.35. The van der Waals surface area contributed by atoms with Gasteiger partial charge < -0.3 is 15.3 Å². The molecule has 6 nitrogen and oxygen atoms in total. The Hall–Kier alpha value is -2.41. The molecule has 1 atom stereocenters. The van der Waals surface area contributed by atoms with Gasteiger partial charge in [-0.3, -0.25) is 9.59 Å². The number of hydrogen-bond donors (Lipinski definition) is 2. The van der Waals surface area contributed by atoms with E-state index < -0.39 is 5.97 Å². The number of rotatable bonds is 4. The van der Waals surface area contributed by atoms with Crippen molar-refractivity contribution in [3.8, 4) is 0 Å². The third-order valence-corrected chi connectivity index (χ3v) is 6.39. The molecule has 1 aliphatic heterocycles. The summed E-state index contributed by atoms with van der Waals surface area (Å²) in [5.74, 6) is -1.34. The number of carboxylic acids is 1. The van der Waals surface area contributed by atoms with E-state index in [0.29, 0.717) is 18.3 Å². The van der Waals surface area contributed by atoms with Crippen LogP contribution in [0.2, 0.25) is 0 Å². The molecule has 1 aromatic carbocycles. The molecule has 0 radical (unpaired) electrons. The molecule has 2 aliphatic rings. The van der Waals surface area contributed by atoms with Crippen molar-refractivity contribution in [2.75, 3.05) is 11.9 Å². The van der Waals surface area contributed by atoms with Crippen LogP contribution in [0.25, 0.3) is 10.1 Å². The van der Waals surface area contributed by atoms with Crippen molar-refractivity contribution in [1.82, 2.24) is 4.90 Å². The van der Waals surface area contributed by atoms with Gasteiger partial charge in [-0.1, -0.05) is 12.8 Å². The molecule has 4 rings (SSSR count). The topological polar surface area (TPSA) is 86.7 Å². The largest absolute Gasteiger partial charge is 0.477 e. The number of carbonyl (C=O) groups excluding carboxylic acids is 2. The number of anilines is 1. The summed E-state index contributed by atoms with van der Waals surface area (Å²) < 4.78 is 0.865. The van der Waals surface area contributed by atoms with E-state index in [2.05, 4.69) is 5.32 Å². The van der Waals surface area contributed by atoms with Gasteiger partial charge in [-0.25, -0.2) is 4.79 Å². The number of likely N-dealkylation sites (tertiary alicyclic amines) is 1. The van der Waals surface area contributed by atoms with Gasteiger partial charge in [0.05, 0.1) is 5.92 Å². The number of amides is 2. The summed E-state index contributed by atoms with van der Waals surface area (Å²) in [5, 5.41) is 12.8. The van der Waals surface area contributed by atoms with Crippen molar-refractivity contribution in [3.63, 3.8) is 0 Å². The minimum absolute atomic E-state index is 0.0800. The van der Waals surface area contributed by atoms with Crippen LogP contribution in [0.5, 0.6) is 0 Å². The number of benzene rings is 1. The summed E-state index contributed by atoms with van der Waals surface area (Å²) in [6.45, 7) is 0.499. The van der Waals surface area contributed by atoms with E-state index in [1.807, 2.05) is 11.0 Å². The third-order valence-electron chi connectivity index (χ3n) is 5.29. The van der Waals surface area contributed by atoms with Gasteiger partial charge >= 0.3 is 5.97 Å². The number of carboxylic acid groups (broad SMARTS) is 1. The van der Waals surface area contributed by atoms with Gasteiger partial charge in [0.15, 0.2) is 0 Å². The second-order valence-corrected chi connectivity index (χ2v) is 8.13. The lowest BCUT2D eigenvalue weighted by atomic mass is 10.1. The van der Waals surface area contributed by atoms with Crippen LogP contribution >= 0.6 is 11.3 Å². The Morgan fingerprint density at radius 1 is 1.19 bits per heavy atom. The Labute approximate surface area is 154 Å². The highest BCUT2D eigenvalue weighted by Crippen LogP contribution is 2.31. The average Bonchev–Trinajstić information content (AvgIpc) is 3.32. The molecule has 2 heterocycles. The molecule has 2 fully saturated rings. The minimum atomic E-state index is -0.951. The summed E-state index contributed by atoms with van der Waals surface area (Å²) in [6.07, 6.45) is 4.67. The van der Waals surface area contributed by atoms with E-state index in [4.69, 9.17) is 5.11 Å². The molecule has 2 amide bonds. The van der Waals surface area contributed by atoms with Crippen LogP contribution in [-0.4, -0.2) is 40.4 Å². The molecule has 1 saturated heterocycles. The molecule has 26 heavy (non-hydrogen) atoms. The van der Waals surface area contributed by atoms with E-state index >= 15 is 0 Å². The Kier molecular flexibility index (Phi) is 4.40. The smallest absolute Gasteiger partial charge is 0.345 e. The number of nitrogens with zero attached hydrogens (tertiary/aromatic N) is 1. The zero-order valence-electron chi connectivity index (χ0n) is 14.2. The first-order chi connectivity index (χ1) is 12.5. The highest BCUT2D eigenvalue weighted by Gasteiger charge is 2.38. The predicted molar refractivity (Wildman–Crippen MR) is 99.5 cm³/mol. The average molecular weight is 372 g/mol. The predicted octanol–water partition coefficient (Wildman–Crippen LogP) is 3.33. The molecule has 1 saturated carbocycles. The first kappa shape index (κ1) is 17.0. The third kappa shape index (κ3) is 3.19. The van der Waals surface area contributed by atoms with Gasteiger partial charge in [-0.2, -0.15) is 0 Å². The first-order valence-corrected chi connectivity index (χ1v) is 9.70. The van der Waals surface area contributed by atoms with Crippen molar-refractivity contribution in [2.45, 2.75) is 38.1 Å². The van der Waals surface area contributed by atoms with E-state index in [1.165, 1.54) is 11.3 Å². The molecular weight excluding hydrogens is 352 g/mol. The van der Waals surface area contributed by atoms with Crippen LogP contribution < -0.4 is 5.32 Å². The normalized spacial score (nSPS) is 20.8. The number of hydrogen-bond acceptors (Lipinski definition) is 4. The molecule has 136 valence electrons. The van der Waals surface area contributed by atoms with E-state index in [-0.39, 0.29) is 29.0 Å². The van der Waals surface area contributed by atoms with Crippen LogP contribution in [0.15, 0.2) is 24.3 Å². The van der Waals surface area contributed by atoms with Crippen LogP contribution in [-0.2, 0) is 9.59 Å². The lowest BCUT2D eigenvalue weighted by Gasteiger charge is -2.23. The summed E-state index contributed by atoms with van der Waals surface area (Å²) in [4.78, 5) is 38.1. The molecule has 0 bridgehead atoms. The van der Waals surface area contributed by atoms with E-state index in [9.17, 15) is 14.4 Å². The van der Waals surface area contributed by atoms with Gasteiger partial charge in [-0.05, 0) is 42.5 Å². The molecule has 1 unspecified atom stereocenters.